The van der Waals surface area contributed by atoms with Crippen LogP contribution >= 0.6 is 0 Å². The highest BCUT2D eigenvalue weighted by Gasteiger charge is 2.00. The van der Waals surface area contributed by atoms with Crippen LogP contribution in [0.3, 0.4) is 0 Å². The smallest absolute Gasteiger partial charge is 0.122 e. The Hall–Kier alpha value is -1.22. The number of methoxy groups -OCH3 is 2. The maximum Gasteiger partial charge on any atom is 0.122 e. The quantitative estimate of drug-likeness (QED) is 0.686. The molecule has 1 aromatic rings. The van der Waals surface area contributed by atoms with Crippen LogP contribution in [-0.4, -0.2) is 14.2 Å². The minimum absolute atomic E-state index is 0.256. The van der Waals surface area contributed by atoms with E-state index in [9.17, 15) is 5.11 Å². The Kier molecular flexibility index (Phi) is 2.94. The molecule has 0 saturated carbocycles. The lowest BCUT2D eigenvalue weighted by molar-refractivity contribution is 0.177. The van der Waals surface area contributed by atoms with Crippen LogP contribution in [-0.2, 0) is 11.7 Å². The highest BCUT2D eigenvalue weighted by atomic mass is 16.5. The molecule has 0 heterocycles. The Balaban J connectivity index is 3.01. The van der Waals surface area contributed by atoms with Crippen LogP contribution in [0.25, 0.3) is 0 Å². The van der Waals surface area contributed by atoms with Crippen molar-refractivity contribution in [1.29, 1.82) is 0 Å². The summed E-state index contributed by atoms with van der Waals surface area (Å²) in [6, 6.07) is 5.14. The van der Waals surface area contributed by atoms with Gasteiger partial charge in [0.1, 0.15) is 18.1 Å². The average Bonchev–Trinajstić information content (AvgIpc) is 2.16. The Bertz CT molecular complexity index is 203. The molecule has 0 unspecified atom stereocenters. The van der Waals surface area contributed by atoms with Gasteiger partial charge >= 0.3 is 0 Å². The van der Waals surface area contributed by atoms with Crippen molar-refractivity contribution in [1.82, 2.24) is 0 Å². The summed E-state index contributed by atoms with van der Waals surface area (Å²) in [6.45, 7) is -0.256. The number of benzene rings is 1. The second-order valence-electron chi connectivity index (χ2n) is 2.37. The van der Waals surface area contributed by atoms with E-state index in [1.807, 2.05) is 0 Å². The standard InChI is InChI=1S/C9H11O3/c1-11-8-3-7(6-10)4-9(5-8)12-2/h3-5H,6H2,1-2H3. The summed E-state index contributed by atoms with van der Waals surface area (Å²) in [5.41, 5.74) is 0.672. The SMILES string of the molecule is COc1cc(C[O])cc(OC)c1. The molecule has 3 heteroatoms. The van der Waals surface area contributed by atoms with Gasteiger partial charge in [0.2, 0.25) is 0 Å². The second-order valence-corrected chi connectivity index (χ2v) is 2.37. The highest BCUT2D eigenvalue weighted by molar-refractivity contribution is 5.37. The molecule has 0 aliphatic rings. The van der Waals surface area contributed by atoms with Gasteiger partial charge in [0.05, 0.1) is 14.2 Å². The molecule has 12 heavy (non-hydrogen) atoms. The summed E-state index contributed by atoms with van der Waals surface area (Å²) in [5, 5.41) is 10.6. The molecule has 3 nitrogen and oxygen atoms in total. The fourth-order valence-electron chi connectivity index (χ4n) is 0.950. The molecule has 0 aliphatic heterocycles. The minimum atomic E-state index is -0.256. The van der Waals surface area contributed by atoms with Gasteiger partial charge < -0.3 is 9.47 Å². The van der Waals surface area contributed by atoms with Gasteiger partial charge in [0.15, 0.2) is 0 Å². The fourth-order valence-corrected chi connectivity index (χ4v) is 0.950. The molecule has 1 rings (SSSR count). The largest absolute Gasteiger partial charge is 0.497 e. The van der Waals surface area contributed by atoms with Crippen molar-refractivity contribution < 1.29 is 14.6 Å². The summed E-state index contributed by atoms with van der Waals surface area (Å²) in [4.78, 5) is 0. The average molecular weight is 167 g/mol. The maximum absolute atomic E-state index is 10.6. The van der Waals surface area contributed by atoms with Gasteiger partial charge in [-0.15, -0.1) is 0 Å². The first-order chi connectivity index (χ1) is 5.80. The van der Waals surface area contributed by atoms with Gasteiger partial charge in [0, 0.05) is 6.07 Å². The maximum atomic E-state index is 10.6. The van der Waals surface area contributed by atoms with E-state index in [0.717, 1.165) is 0 Å². The van der Waals surface area contributed by atoms with Crippen molar-refractivity contribution in [2.24, 2.45) is 0 Å². The van der Waals surface area contributed by atoms with E-state index in [4.69, 9.17) is 9.47 Å². The molecule has 0 bridgehead atoms. The number of hydrogen-bond acceptors (Lipinski definition) is 2. The molecular formula is C9H11O3. The summed E-state index contributed by atoms with van der Waals surface area (Å²) in [7, 11) is 3.12. The fraction of sp³-hybridized carbons (Fsp3) is 0.333. The first kappa shape index (κ1) is 8.87. The summed E-state index contributed by atoms with van der Waals surface area (Å²) in [6.07, 6.45) is 0. The van der Waals surface area contributed by atoms with Crippen molar-refractivity contribution >= 4 is 0 Å². The molecule has 1 aromatic carbocycles. The summed E-state index contributed by atoms with van der Waals surface area (Å²) >= 11 is 0. The molecule has 65 valence electrons. The Morgan fingerprint density at radius 3 is 1.92 bits per heavy atom. The topological polar surface area (TPSA) is 38.4 Å². The monoisotopic (exact) mass is 167 g/mol. The van der Waals surface area contributed by atoms with E-state index in [0.29, 0.717) is 17.1 Å². The van der Waals surface area contributed by atoms with Gasteiger partial charge in [-0.05, 0) is 17.7 Å². The zero-order valence-corrected chi connectivity index (χ0v) is 7.16. The van der Waals surface area contributed by atoms with Crippen LogP contribution in [0.1, 0.15) is 5.56 Å². The molecule has 0 spiro atoms. The predicted octanol–water partition coefficient (Wildman–Crippen LogP) is 1.63. The highest BCUT2D eigenvalue weighted by Crippen LogP contribution is 2.22. The number of hydrogen-bond donors (Lipinski definition) is 0. The number of ether oxygens (including phenoxy) is 2. The molecule has 1 radical (unpaired) electrons. The van der Waals surface area contributed by atoms with Gasteiger partial charge in [-0.1, -0.05) is 0 Å². The van der Waals surface area contributed by atoms with E-state index in [1.54, 1.807) is 32.4 Å². The van der Waals surface area contributed by atoms with Gasteiger partial charge in [-0.3, -0.25) is 0 Å². The van der Waals surface area contributed by atoms with Crippen molar-refractivity contribution in [2.45, 2.75) is 6.61 Å². The molecular weight excluding hydrogens is 156 g/mol. The number of rotatable bonds is 3. The van der Waals surface area contributed by atoms with Gasteiger partial charge in [0.25, 0.3) is 0 Å². The van der Waals surface area contributed by atoms with Crippen molar-refractivity contribution in [2.75, 3.05) is 14.2 Å². The van der Waals surface area contributed by atoms with Crippen LogP contribution in [0.15, 0.2) is 18.2 Å². The molecule has 0 amide bonds. The van der Waals surface area contributed by atoms with Crippen LogP contribution < -0.4 is 9.47 Å². The first-order valence-corrected chi connectivity index (χ1v) is 3.60. The van der Waals surface area contributed by atoms with E-state index >= 15 is 0 Å². The van der Waals surface area contributed by atoms with E-state index < -0.39 is 0 Å². The van der Waals surface area contributed by atoms with Gasteiger partial charge in [-0.2, -0.15) is 0 Å². The lowest BCUT2D eigenvalue weighted by Gasteiger charge is -2.05. The normalized spacial score (nSPS) is 9.58. The van der Waals surface area contributed by atoms with Gasteiger partial charge in [-0.25, -0.2) is 5.11 Å². The third kappa shape index (κ3) is 1.89. The molecule has 0 saturated heterocycles. The van der Waals surface area contributed by atoms with Crippen LogP contribution in [0, 0.1) is 0 Å². The Morgan fingerprint density at radius 2 is 1.58 bits per heavy atom. The Labute approximate surface area is 71.5 Å². The minimum Gasteiger partial charge on any atom is -0.497 e. The van der Waals surface area contributed by atoms with E-state index in [-0.39, 0.29) is 6.61 Å². The lowest BCUT2D eigenvalue weighted by Crippen LogP contribution is -1.90. The van der Waals surface area contributed by atoms with Crippen LogP contribution in [0.5, 0.6) is 11.5 Å². The third-order valence-electron chi connectivity index (χ3n) is 1.58. The Morgan fingerprint density at radius 1 is 1.08 bits per heavy atom. The molecule has 0 N–H and O–H groups in total. The third-order valence-corrected chi connectivity index (χ3v) is 1.58. The van der Waals surface area contributed by atoms with Crippen LogP contribution in [0.2, 0.25) is 0 Å². The molecule has 0 fully saturated rings. The molecule has 0 atom stereocenters. The van der Waals surface area contributed by atoms with Crippen molar-refractivity contribution in [3.8, 4) is 11.5 Å². The first-order valence-electron chi connectivity index (χ1n) is 3.60. The van der Waals surface area contributed by atoms with Crippen LogP contribution in [0.4, 0.5) is 0 Å². The zero-order chi connectivity index (χ0) is 8.97. The second kappa shape index (κ2) is 3.97. The van der Waals surface area contributed by atoms with E-state index in [2.05, 4.69) is 0 Å². The van der Waals surface area contributed by atoms with Crippen molar-refractivity contribution in [3.63, 3.8) is 0 Å². The predicted molar refractivity (Wildman–Crippen MR) is 43.9 cm³/mol. The zero-order valence-electron chi connectivity index (χ0n) is 7.16. The van der Waals surface area contributed by atoms with Crippen molar-refractivity contribution in [3.05, 3.63) is 23.8 Å². The summed E-state index contributed by atoms with van der Waals surface area (Å²) in [5.74, 6) is 1.31. The lowest BCUT2D eigenvalue weighted by atomic mass is 10.2. The molecule has 0 aliphatic carbocycles. The summed E-state index contributed by atoms with van der Waals surface area (Å²) < 4.78 is 9.96. The molecule has 0 aromatic heterocycles. The van der Waals surface area contributed by atoms with E-state index in [1.165, 1.54) is 0 Å².